The molecule has 0 bridgehead atoms. The van der Waals surface area contributed by atoms with Crippen LogP contribution in [0.25, 0.3) is 0 Å². The Bertz CT molecular complexity index is 483. The molecule has 1 aliphatic heterocycles. The number of nitrogens with zero attached hydrogens (tertiary/aromatic N) is 1. The molecule has 17 heavy (non-hydrogen) atoms. The maximum Gasteiger partial charge on any atom is 0.250 e. The third-order valence-electron chi connectivity index (χ3n) is 2.81. The Labute approximate surface area is 99.6 Å². The molecular weight excluding hydrogens is 218 g/mol. The molecule has 1 aromatic carbocycles. The molecule has 0 aliphatic carbocycles. The molecule has 0 saturated carbocycles. The smallest absolute Gasteiger partial charge is 0.250 e. The molecule has 0 spiro atoms. The fraction of sp³-hybridized carbons (Fsp3) is 0.333. The Morgan fingerprint density at radius 1 is 1.53 bits per heavy atom. The van der Waals surface area contributed by atoms with Crippen molar-refractivity contribution in [2.45, 2.75) is 19.4 Å². The minimum Gasteiger partial charge on any atom is -0.388 e. The fourth-order valence-electron chi connectivity index (χ4n) is 1.92. The monoisotopic (exact) mass is 233 g/mol. The van der Waals surface area contributed by atoms with Crippen LogP contribution in [0.1, 0.15) is 12.5 Å². The van der Waals surface area contributed by atoms with Gasteiger partial charge in [-0.25, -0.2) is 4.90 Å². The van der Waals surface area contributed by atoms with Gasteiger partial charge < -0.3 is 11.1 Å². The summed E-state index contributed by atoms with van der Waals surface area (Å²) in [4.78, 5) is 24.8. The number of benzene rings is 1. The molecule has 1 unspecified atom stereocenters. The van der Waals surface area contributed by atoms with E-state index >= 15 is 0 Å². The van der Waals surface area contributed by atoms with Crippen molar-refractivity contribution < 1.29 is 9.59 Å². The Hall–Kier alpha value is -1.88. The molecule has 2 amide bonds. The van der Waals surface area contributed by atoms with Gasteiger partial charge in [-0.05, 0) is 30.7 Å². The number of imide groups is 1. The lowest BCUT2D eigenvalue weighted by molar-refractivity contribution is -0.126. The van der Waals surface area contributed by atoms with E-state index in [2.05, 4.69) is 5.32 Å². The number of carbonyl (C=O) groups excluding carboxylic acids is 2. The van der Waals surface area contributed by atoms with Gasteiger partial charge in [0, 0.05) is 12.7 Å². The topological polar surface area (TPSA) is 75.4 Å². The van der Waals surface area contributed by atoms with Crippen LogP contribution in [-0.4, -0.2) is 24.9 Å². The first-order chi connectivity index (χ1) is 8.04. The van der Waals surface area contributed by atoms with Crippen LogP contribution in [0.4, 0.5) is 11.4 Å². The summed E-state index contributed by atoms with van der Waals surface area (Å²) < 4.78 is 0. The Morgan fingerprint density at radius 2 is 2.24 bits per heavy atom. The standard InChI is InChI=1S/C12H15N3O2/c1-7(13)12(17)15-10-4-3-9(14-2)5-8(10)6-11(15)16/h3-5,7,14H,6,13H2,1-2H3. The predicted molar refractivity (Wildman–Crippen MR) is 65.8 cm³/mol. The lowest BCUT2D eigenvalue weighted by Crippen LogP contribution is -2.43. The van der Waals surface area contributed by atoms with E-state index in [1.807, 2.05) is 19.2 Å². The summed E-state index contributed by atoms with van der Waals surface area (Å²) in [6.45, 7) is 1.58. The van der Waals surface area contributed by atoms with Crippen LogP contribution in [-0.2, 0) is 16.0 Å². The molecule has 1 heterocycles. The third kappa shape index (κ3) is 1.89. The van der Waals surface area contributed by atoms with Crippen molar-refractivity contribution in [3.63, 3.8) is 0 Å². The van der Waals surface area contributed by atoms with E-state index in [-0.39, 0.29) is 18.2 Å². The van der Waals surface area contributed by atoms with Crippen LogP contribution in [0.3, 0.4) is 0 Å². The van der Waals surface area contributed by atoms with Crippen LogP contribution >= 0.6 is 0 Å². The lowest BCUT2D eigenvalue weighted by atomic mass is 10.1. The Morgan fingerprint density at radius 3 is 2.82 bits per heavy atom. The predicted octanol–water partition coefficient (Wildman–Crippen LogP) is 0.491. The van der Waals surface area contributed by atoms with Crippen LogP contribution in [0.2, 0.25) is 0 Å². The van der Waals surface area contributed by atoms with Gasteiger partial charge in [0.1, 0.15) is 0 Å². The molecule has 0 aromatic heterocycles. The number of carbonyl (C=O) groups is 2. The summed E-state index contributed by atoms with van der Waals surface area (Å²) in [5.41, 5.74) is 7.96. The van der Waals surface area contributed by atoms with Crippen molar-refractivity contribution in [3.05, 3.63) is 23.8 Å². The molecule has 0 saturated heterocycles. The van der Waals surface area contributed by atoms with E-state index in [9.17, 15) is 9.59 Å². The SMILES string of the molecule is CNc1ccc2c(c1)CC(=O)N2C(=O)C(C)N. The van der Waals surface area contributed by atoms with Crippen molar-refractivity contribution in [1.82, 2.24) is 0 Å². The number of nitrogens with one attached hydrogen (secondary N) is 1. The normalized spacial score (nSPS) is 15.7. The average Bonchev–Trinajstić information content (AvgIpc) is 2.62. The largest absolute Gasteiger partial charge is 0.388 e. The average molecular weight is 233 g/mol. The van der Waals surface area contributed by atoms with Crippen LogP contribution in [0, 0.1) is 0 Å². The first-order valence-corrected chi connectivity index (χ1v) is 5.47. The molecule has 3 N–H and O–H groups in total. The zero-order chi connectivity index (χ0) is 12.6. The highest BCUT2D eigenvalue weighted by atomic mass is 16.2. The zero-order valence-corrected chi connectivity index (χ0v) is 9.86. The van der Waals surface area contributed by atoms with Crippen LogP contribution < -0.4 is 16.0 Å². The first kappa shape index (κ1) is 11.6. The van der Waals surface area contributed by atoms with E-state index in [4.69, 9.17) is 5.73 Å². The van der Waals surface area contributed by atoms with Crippen molar-refractivity contribution in [2.75, 3.05) is 17.3 Å². The van der Waals surface area contributed by atoms with Crippen molar-refractivity contribution in [3.8, 4) is 0 Å². The number of nitrogens with two attached hydrogens (primary N) is 1. The van der Waals surface area contributed by atoms with Crippen molar-refractivity contribution in [1.29, 1.82) is 0 Å². The van der Waals surface area contributed by atoms with Crippen molar-refractivity contribution in [2.24, 2.45) is 5.73 Å². The second-order valence-electron chi connectivity index (χ2n) is 4.13. The highest BCUT2D eigenvalue weighted by molar-refractivity contribution is 6.20. The van der Waals surface area contributed by atoms with Gasteiger partial charge in [0.05, 0.1) is 18.2 Å². The second kappa shape index (κ2) is 4.18. The van der Waals surface area contributed by atoms with Crippen LogP contribution in [0.15, 0.2) is 18.2 Å². The van der Waals surface area contributed by atoms with Crippen LogP contribution in [0.5, 0.6) is 0 Å². The first-order valence-electron chi connectivity index (χ1n) is 5.47. The van der Waals surface area contributed by atoms with Gasteiger partial charge in [-0.1, -0.05) is 0 Å². The molecule has 5 heteroatoms. The summed E-state index contributed by atoms with van der Waals surface area (Å²) in [5, 5.41) is 3.00. The maximum absolute atomic E-state index is 11.8. The lowest BCUT2D eigenvalue weighted by Gasteiger charge is -2.17. The highest BCUT2D eigenvalue weighted by Gasteiger charge is 2.33. The minimum atomic E-state index is -0.672. The molecule has 0 radical (unpaired) electrons. The number of amides is 2. The molecule has 90 valence electrons. The van der Waals surface area contributed by atoms with Gasteiger partial charge in [-0.2, -0.15) is 0 Å². The van der Waals surface area contributed by atoms with E-state index < -0.39 is 6.04 Å². The van der Waals surface area contributed by atoms with Gasteiger partial charge in [0.2, 0.25) is 11.8 Å². The van der Waals surface area contributed by atoms with Gasteiger partial charge >= 0.3 is 0 Å². The third-order valence-corrected chi connectivity index (χ3v) is 2.81. The van der Waals surface area contributed by atoms with Gasteiger partial charge in [-0.3, -0.25) is 9.59 Å². The summed E-state index contributed by atoms with van der Waals surface area (Å²) in [6.07, 6.45) is 0.253. The molecule has 2 rings (SSSR count). The summed E-state index contributed by atoms with van der Waals surface area (Å²) in [6, 6.07) is 4.81. The molecule has 1 aromatic rings. The number of hydrogen-bond donors (Lipinski definition) is 2. The number of fused-ring (bicyclic) bond motifs is 1. The number of rotatable bonds is 2. The van der Waals surface area contributed by atoms with Gasteiger partial charge in [0.15, 0.2) is 0 Å². The number of hydrogen-bond acceptors (Lipinski definition) is 4. The summed E-state index contributed by atoms with van der Waals surface area (Å²) in [5.74, 6) is -0.568. The summed E-state index contributed by atoms with van der Waals surface area (Å²) >= 11 is 0. The summed E-state index contributed by atoms with van der Waals surface area (Å²) in [7, 11) is 1.81. The highest BCUT2D eigenvalue weighted by Crippen LogP contribution is 2.31. The van der Waals surface area contributed by atoms with E-state index in [0.717, 1.165) is 11.3 Å². The molecule has 1 atom stereocenters. The van der Waals surface area contributed by atoms with Gasteiger partial charge in [0.25, 0.3) is 0 Å². The molecule has 5 nitrogen and oxygen atoms in total. The minimum absolute atomic E-state index is 0.212. The molecule has 1 aliphatic rings. The quantitative estimate of drug-likeness (QED) is 0.779. The second-order valence-corrected chi connectivity index (χ2v) is 4.13. The molecule has 0 fully saturated rings. The van der Waals surface area contributed by atoms with E-state index in [1.54, 1.807) is 13.0 Å². The zero-order valence-electron chi connectivity index (χ0n) is 9.86. The maximum atomic E-state index is 11.8. The Balaban J connectivity index is 2.41. The molecular formula is C12H15N3O2. The van der Waals surface area contributed by atoms with E-state index in [1.165, 1.54) is 4.90 Å². The Kier molecular flexibility index (Phi) is 2.85. The van der Waals surface area contributed by atoms with E-state index in [0.29, 0.717) is 5.69 Å². The van der Waals surface area contributed by atoms with Gasteiger partial charge in [-0.15, -0.1) is 0 Å². The fourth-order valence-corrected chi connectivity index (χ4v) is 1.92. The van der Waals surface area contributed by atoms with Crippen molar-refractivity contribution >= 4 is 23.2 Å². The number of anilines is 2.